The largest absolute Gasteiger partial charge is 0.389 e. The van der Waals surface area contributed by atoms with E-state index in [2.05, 4.69) is 4.98 Å². The van der Waals surface area contributed by atoms with Crippen molar-refractivity contribution in [1.29, 1.82) is 0 Å². The molecule has 1 aromatic rings. The predicted molar refractivity (Wildman–Crippen MR) is 52.1 cm³/mol. The smallest absolute Gasteiger partial charge is 0.105 e. The van der Waals surface area contributed by atoms with Crippen LogP contribution in [0.4, 0.5) is 0 Å². The molecule has 12 heavy (non-hydrogen) atoms. The van der Waals surface area contributed by atoms with Crippen LogP contribution in [0.3, 0.4) is 0 Å². The van der Waals surface area contributed by atoms with Gasteiger partial charge in [-0.15, -0.1) is 0 Å². The molecule has 0 spiro atoms. The van der Waals surface area contributed by atoms with Gasteiger partial charge in [-0.05, 0) is 30.4 Å². The fourth-order valence-electron chi connectivity index (χ4n) is 1.36. The summed E-state index contributed by atoms with van der Waals surface area (Å²) in [6.45, 7) is 0. The van der Waals surface area contributed by atoms with Gasteiger partial charge in [0.15, 0.2) is 0 Å². The Hall–Kier alpha value is -0.960. The van der Waals surface area contributed by atoms with Crippen molar-refractivity contribution in [3.63, 3.8) is 0 Å². The minimum Gasteiger partial charge on any atom is -0.389 e. The summed E-state index contributed by atoms with van der Waals surface area (Å²) < 4.78 is 0. The molecule has 62 valence electrons. The van der Waals surface area contributed by atoms with Crippen LogP contribution < -0.4 is 5.73 Å². The van der Waals surface area contributed by atoms with E-state index < -0.39 is 0 Å². The second-order valence-electron chi connectivity index (χ2n) is 3.10. The average Bonchev–Trinajstić information content (AvgIpc) is 2.87. The highest BCUT2D eigenvalue weighted by atomic mass is 32.1. The van der Waals surface area contributed by atoms with Crippen LogP contribution >= 0.6 is 12.2 Å². The molecule has 0 atom stereocenters. The van der Waals surface area contributed by atoms with Crippen molar-refractivity contribution < 1.29 is 0 Å². The average molecular weight is 178 g/mol. The number of rotatable bonds is 2. The van der Waals surface area contributed by atoms with E-state index in [0.29, 0.717) is 10.9 Å². The molecular formula is C9H10N2S. The first-order valence-electron chi connectivity index (χ1n) is 4.03. The summed E-state index contributed by atoms with van der Waals surface area (Å²) in [6.07, 6.45) is 6.09. The number of hydrogen-bond acceptors (Lipinski definition) is 2. The van der Waals surface area contributed by atoms with Gasteiger partial charge >= 0.3 is 0 Å². The molecule has 0 aliphatic heterocycles. The Balaban J connectivity index is 2.43. The zero-order valence-corrected chi connectivity index (χ0v) is 7.47. The zero-order valence-electron chi connectivity index (χ0n) is 6.66. The maximum Gasteiger partial charge on any atom is 0.105 e. The maximum absolute atomic E-state index is 5.57. The van der Waals surface area contributed by atoms with Gasteiger partial charge in [-0.2, -0.15) is 0 Å². The first-order valence-corrected chi connectivity index (χ1v) is 4.43. The maximum atomic E-state index is 5.57. The van der Waals surface area contributed by atoms with Crippen LogP contribution in [0.25, 0.3) is 0 Å². The van der Waals surface area contributed by atoms with Crippen LogP contribution in [0.1, 0.15) is 29.9 Å². The van der Waals surface area contributed by atoms with Gasteiger partial charge in [0, 0.05) is 18.0 Å². The molecular weight excluding hydrogens is 168 g/mol. The van der Waals surface area contributed by atoms with Crippen molar-refractivity contribution in [2.24, 2.45) is 5.73 Å². The number of pyridine rings is 1. The molecule has 0 radical (unpaired) electrons. The van der Waals surface area contributed by atoms with Crippen molar-refractivity contribution in [1.82, 2.24) is 4.98 Å². The summed E-state index contributed by atoms with van der Waals surface area (Å²) in [5.41, 5.74) is 7.80. The summed E-state index contributed by atoms with van der Waals surface area (Å²) in [4.78, 5) is 4.47. The lowest BCUT2D eigenvalue weighted by atomic mass is 10.1. The highest BCUT2D eigenvalue weighted by Gasteiger charge is 2.26. The quantitative estimate of drug-likeness (QED) is 0.699. The molecule has 2 nitrogen and oxygen atoms in total. The fourth-order valence-corrected chi connectivity index (χ4v) is 1.53. The number of thiocarbonyl (C=S) groups is 1. The van der Waals surface area contributed by atoms with Crippen molar-refractivity contribution >= 4 is 17.2 Å². The molecule has 1 heterocycles. The Kier molecular flexibility index (Phi) is 1.81. The molecule has 1 fully saturated rings. The molecule has 1 aliphatic carbocycles. The van der Waals surface area contributed by atoms with E-state index in [1.807, 2.05) is 6.07 Å². The first kappa shape index (κ1) is 7.68. The van der Waals surface area contributed by atoms with Gasteiger partial charge in [-0.25, -0.2) is 0 Å². The van der Waals surface area contributed by atoms with Gasteiger partial charge in [0.05, 0.1) is 0 Å². The lowest BCUT2D eigenvalue weighted by Crippen LogP contribution is -2.12. The standard InChI is InChI=1S/C9H10N2S/c10-9(12)8-5-11-4-3-7(8)6-1-2-6/h3-6H,1-2H2,(H2,10,12). The van der Waals surface area contributed by atoms with Crippen molar-refractivity contribution in [3.05, 3.63) is 29.6 Å². The Labute approximate surface area is 76.8 Å². The van der Waals surface area contributed by atoms with Gasteiger partial charge in [0.25, 0.3) is 0 Å². The topological polar surface area (TPSA) is 38.9 Å². The number of nitrogens with zero attached hydrogens (tertiary/aromatic N) is 1. The molecule has 0 amide bonds. The molecule has 0 aromatic carbocycles. The van der Waals surface area contributed by atoms with Crippen LogP contribution in [-0.2, 0) is 0 Å². The molecule has 1 aromatic heterocycles. The van der Waals surface area contributed by atoms with E-state index in [-0.39, 0.29) is 0 Å². The van der Waals surface area contributed by atoms with Crippen LogP contribution in [0.5, 0.6) is 0 Å². The van der Waals surface area contributed by atoms with Crippen LogP contribution in [0.15, 0.2) is 18.5 Å². The monoisotopic (exact) mass is 178 g/mol. The predicted octanol–water partition coefficient (Wildman–Crippen LogP) is 1.59. The number of aromatic nitrogens is 1. The van der Waals surface area contributed by atoms with E-state index in [9.17, 15) is 0 Å². The van der Waals surface area contributed by atoms with Crippen LogP contribution in [-0.4, -0.2) is 9.97 Å². The Morgan fingerprint density at radius 2 is 2.33 bits per heavy atom. The van der Waals surface area contributed by atoms with E-state index in [0.717, 1.165) is 5.56 Å². The third kappa shape index (κ3) is 1.32. The summed E-state index contributed by atoms with van der Waals surface area (Å²) >= 11 is 4.93. The molecule has 0 bridgehead atoms. The van der Waals surface area contributed by atoms with Crippen molar-refractivity contribution in [3.8, 4) is 0 Å². The van der Waals surface area contributed by atoms with E-state index in [4.69, 9.17) is 18.0 Å². The van der Waals surface area contributed by atoms with Gasteiger partial charge in [-0.1, -0.05) is 12.2 Å². The highest BCUT2D eigenvalue weighted by Crippen LogP contribution is 2.41. The first-order chi connectivity index (χ1) is 5.79. The molecule has 2 N–H and O–H groups in total. The third-order valence-corrected chi connectivity index (χ3v) is 2.36. The Bertz CT molecular complexity index is 318. The second kappa shape index (κ2) is 2.83. The molecule has 3 heteroatoms. The summed E-state index contributed by atoms with van der Waals surface area (Å²) in [6, 6.07) is 2.02. The fraction of sp³-hybridized carbons (Fsp3) is 0.333. The minimum atomic E-state index is 0.463. The Morgan fingerprint density at radius 1 is 1.58 bits per heavy atom. The van der Waals surface area contributed by atoms with E-state index in [1.54, 1.807) is 12.4 Å². The van der Waals surface area contributed by atoms with Gasteiger partial charge in [0.2, 0.25) is 0 Å². The number of hydrogen-bond donors (Lipinski definition) is 1. The summed E-state index contributed by atoms with van der Waals surface area (Å²) in [7, 11) is 0. The highest BCUT2D eigenvalue weighted by molar-refractivity contribution is 7.80. The summed E-state index contributed by atoms with van der Waals surface area (Å²) in [5, 5.41) is 0. The molecule has 2 rings (SSSR count). The van der Waals surface area contributed by atoms with Crippen molar-refractivity contribution in [2.75, 3.05) is 0 Å². The normalized spacial score (nSPS) is 16.0. The van der Waals surface area contributed by atoms with Gasteiger partial charge in [0.1, 0.15) is 4.99 Å². The van der Waals surface area contributed by atoms with Crippen molar-refractivity contribution in [2.45, 2.75) is 18.8 Å². The SMILES string of the molecule is NC(=S)c1cnccc1C1CC1. The lowest BCUT2D eigenvalue weighted by molar-refractivity contribution is 1.10. The Morgan fingerprint density at radius 3 is 2.92 bits per heavy atom. The molecule has 0 unspecified atom stereocenters. The van der Waals surface area contributed by atoms with Gasteiger partial charge in [-0.3, -0.25) is 4.98 Å². The van der Waals surface area contributed by atoms with E-state index >= 15 is 0 Å². The minimum absolute atomic E-state index is 0.463. The third-order valence-electron chi connectivity index (χ3n) is 2.14. The lowest BCUT2D eigenvalue weighted by Gasteiger charge is -2.04. The number of nitrogens with two attached hydrogens (primary N) is 1. The molecule has 1 aliphatic rings. The zero-order chi connectivity index (χ0) is 8.55. The molecule has 1 saturated carbocycles. The second-order valence-corrected chi connectivity index (χ2v) is 3.54. The summed E-state index contributed by atoms with van der Waals surface area (Å²) in [5.74, 6) is 0.685. The molecule has 0 saturated heterocycles. The van der Waals surface area contributed by atoms with Crippen LogP contribution in [0.2, 0.25) is 0 Å². The van der Waals surface area contributed by atoms with Gasteiger partial charge < -0.3 is 5.73 Å². The van der Waals surface area contributed by atoms with Crippen LogP contribution in [0, 0.1) is 0 Å². The van der Waals surface area contributed by atoms with E-state index in [1.165, 1.54) is 18.4 Å².